The van der Waals surface area contributed by atoms with Gasteiger partial charge >= 0.3 is 0 Å². The van der Waals surface area contributed by atoms with Gasteiger partial charge in [-0.1, -0.05) is 18.2 Å². The van der Waals surface area contributed by atoms with E-state index < -0.39 is 0 Å². The lowest BCUT2D eigenvalue weighted by molar-refractivity contribution is -0.133. The molecule has 2 saturated heterocycles. The summed E-state index contributed by atoms with van der Waals surface area (Å²) >= 11 is 0. The van der Waals surface area contributed by atoms with E-state index in [-0.39, 0.29) is 11.9 Å². The fourth-order valence-electron chi connectivity index (χ4n) is 5.66. The number of carbonyl (C=O) groups excluding carboxylic acids is 1. The SMILES string of the molecule is O=C(CN1CCN(Cc2ccc3c(c2)CCO3)CC1)N1CCC[C@H]1c1ccc2c(c1)OCCO2. The predicted molar refractivity (Wildman–Crippen MR) is 128 cm³/mol. The van der Waals surface area contributed by atoms with Gasteiger partial charge in [-0.25, -0.2) is 0 Å². The summed E-state index contributed by atoms with van der Waals surface area (Å²) in [5.41, 5.74) is 3.84. The van der Waals surface area contributed by atoms with Crippen LogP contribution in [0.1, 0.15) is 35.6 Å². The maximum Gasteiger partial charge on any atom is 0.237 e. The molecule has 0 radical (unpaired) electrons. The second-order valence-corrected chi connectivity index (χ2v) is 9.74. The first-order valence-corrected chi connectivity index (χ1v) is 12.6. The second-order valence-electron chi connectivity index (χ2n) is 9.74. The fourth-order valence-corrected chi connectivity index (χ4v) is 5.66. The third kappa shape index (κ3) is 4.46. The van der Waals surface area contributed by atoms with Crippen molar-refractivity contribution in [2.75, 3.05) is 59.1 Å². The molecule has 2 fully saturated rings. The molecule has 1 amide bonds. The third-order valence-electron chi connectivity index (χ3n) is 7.51. The Hall–Kier alpha value is -2.77. The van der Waals surface area contributed by atoms with Crippen molar-refractivity contribution in [2.24, 2.45) is 0 Å². The number of piperazine rings is 1. The average molecular weight is 464 g/mol. The van der Waals surface area contributed by atoms with Crippen molar-refractivity contribution in [3.63, 3.8) is 0 Å². The molecule has 34 heavy (non-hydrogen) atoms. The first-order chi connectivity index (χ1) is 16.7. The highest BCUT2D eigenvalue weighted by Gasteiger charge is 2.32. The van der Waals surface area contributed by atoms with Crippen molar-refractivity contribution in [1.29, 1.82) is 0 Å². The van der Waals surface area contributed by atoms with Crippen molar-refractivity contribution >= 4 is 5.91 Å². The number of carbonyl (C=O) groups is 1. The Morgan fingerprint density at radius 3 is 2.47 bits per heavy atom. The molecule has 2 aromatic rings. The van der Waals surface area contributed by atoms with Gasteiger partial charge in [-0.15, -0.1) is 0 Å². The number of amides is 1. The number of ether oxygens (including phenoxy) is 3. The molecule has 7 nitrogen and oxygen atoms in total. The van der Waals surface area contributed by atoms with Crippen molar-refractivity contribution in [2.45, 2.75) is 31.8 Å². The molecule has 1 atom stereocenters. The topological polar surface area (TPSA) is 54.5 Å². The van der Waals surface area contributed by atoms with E-state index in [4.69, 9.17) is 14.2 Å². The van der Waals surface area contributed by atoms with Crippen molar-refractivity contribution in [3.05, 3.63) is 53.1 Å². The Morgan fingerprint density at radius 1 is 0.824 bits per heavy atom. The molecule has 0 spiro atoms. The van der Waals surface area contributed by atoms with Gasteiger partial charge in [0.2, 0.25) is 5.91 Å². The van der Waals surface area contributed by atoms with Crippen LogP contribution in [0.2, 0.25) is 0 Å². The molecule has 4 aliphatic heterocycles. The summed E-state index contributed by atoms with van der Waals surface area (Å²) in [6.07, 6.45) is 3.07. The second kappa shape index (κ2) is 9.47. The fraction of sp³-hybridized carbons (Fsp3) is 0.519. The first-order valence-electron chi connectivity index (χ1n) is 12.6. The van der Waals surface area contributed by atoms with Crippen molar-refractivity contribution in [3.8, 4) is 17.2 Å². The lowest BCUT2D eigenvalue weighted by atomic mass is 10.0. The van der Waals surface area contributed by atoms with Gasteiger partial charge in [0.05, 0.1) is 19.2 Å². The molecular weight excluding hydrogens is 430 g/mol. The number of rotatable bonds is 5. The summed E-state index contributed by atoms with van der Waals surface area (Å²) in [7, 11) is 0. The lowest BCUT2D eigenvalue weighted by Crippen LogP contribution is -2.49. The van der Waals surface area contributed by atoms with Crippen LogP contribution < -0.4 is 14.2 Å². The Bertz CT molecular complexity index is 1050. The average Bonchev–Trinajstić information content (AvgIpc) is 3.54. The molecule has 4 aliphatic rings. The number of fused-ring (bicyclic) bond motifs is 2. The van der Waals surface area contributed by atoms with E-state index >= 15 is 0 Å². The van der Waals surface area contributed by atoms with Crippen molar-refractivity contribution < 1.29 is 19.0 Å². The standard InChI is InChI=1S/C27H33N3O4/c31-27(30-8-1-2-23(30)21-4-6-25-26(17-21)34-15-14-33-25)19-29-11-9-28(10-12-29)18-20-3-5-24-22(16-20)7-13-32-24/h3-6,16-17,23H,1-2,7-15,18-19H2/t23-/m0/s1. The molecule has 0 saturated carbocycles. The Labute approximate surface area is 201 Å². The molecule has 0 aromatic heterocycles. The number of likely N-dealkylation sites (tertiary alicyclic amines) is 1. The van der Waals surface area contributed by atoms with Gasteiger partial charge in [-0.3, -0.25) is 14.6 Å². The minimum atomic E-state index is 0.133. The van der Waals surface area contributed by atoms with E-state index in [2.05, 4.69) is 45.0 Å². The highest BCUT2D eigenvalue weighted by atomic mass is 16.6. The summed E-state index contributed by atoms with van der Waals surface area (Å²) in [5.74, 6) is 2.89. The number of benzene rings is 2. The maximum atomic E-state index is 13.3. The first kappa shape index (κ1) is 21.7. The largest absolute Gasteiger partial charge is 0.493 e. The number of nitrogens with zero attached hydrogens (tertiary/aromatic N) is 3. The zero-order valence-electron chi connectivity index (χ0n) is 19.7. The Kier molecular flexibility index (Phi) is 6.05. The van der Waals surface area contributed by atoms with Crippen LogP contribution in [0, 0.1) is 0 Å². The van der Waals surface area contributed by atoms with Gasteiger partial charge in [0.25, 0.3) is 0 Å². The lowest BCUT2D eigenvalue weighted by Gasteiger charge is -2.36. The molecule has 0 unspecified atom stereocenters. The third-order valence-corrected chi connectivity index (χ3v) is 7.51. The maximum absolute atomic E-state index is 13.3. The molecule has 180 valence electrons. The van der Waals surface area contributed by atoms with E-state index in [0.717, 1.165) is 87.9 Å². The Morgan fingerprint density at radius 2 is 1.59 bits per heavy atom. The van der Waals surface area contributed by atoms with E-state index in [0.29, 0.717) is 19.8 Å². The quantitative estimate of drug-likeness (QED) is 0.680. The van der Waals surface area contributed by atoms with Crippen LogP contribution in [-0.2, 0) is 17.8 Å². The van der Waals surface area contributed by atoms with Crippen LogP contribution in [0.3, 0.4) is 0 Å². The van der Waals surface area contributed by atoms with Crippen LogP contribution in [0.25, 0.3) is 0 Å². The summed E-state index contributed by atoms with van der Waals surface area (Å²) in [5, 5.41) is 0. The molecule has 2 aromatic carbocycles. The summed E-state index contributed by atoms with van der Waals surface area (Å²) in [6, 6.07) is 12.9. The summed E-state index contributed by atoms with van der Waals surface area (Å²) in [6.45, 7) is 8.13. The summed E-state index contributed by atoms with van der Waals surface area (Å²) < 4.78 is 17.1. The highest BCUT2D eigenvalue weighted by molar-refractivity contribution is 5.79. The molecule has 0 bridgehead atoms. The zero-order chi connectivity index (χ0) is 22.9. The normalized spacial score (nSPS) is 22.5. The molecule has 6 rings (SSSR count). The van der Waals surface area contributed by atoms with Gasteiger partial charge in [-0.05, 0) is 47.7 Å². The number of hydrogen-bond donors (Lipinski definition) is 0. The van der Waals surface area contributed by atoms with Gasteiger partial charge < -0.3 is 19.1 Å². The van der Waals surface area contributed by atoms with Gasteiger partial charge in [0.1, 0.15) is 19.0 Å². The molecule has 7 heteroatoms. The monoisotopic (exact) mass is 463 g/mol. The summed E-state index contributed by atoms with van der Waals surface area (Å²) in [4.78, 5) is 20.2. The predicted octanol–water partition coefficient (Wildman–Crippen LogP) is 2.87. The molecule has 0 aliphatic carbocycles. The minimum Gasteiger partial charge on any atom is -0.493 e. The van der Waals surface area contributed by atoms with Gasteiger partial charge in [-0.2, -0.15) is 0 Å². The van der Waals surface area contributed by atoms with E-state index in [1.54, 1.807) is 0 Å². The van der Waals surface area contributed by atoms with Crippen molar-refractivity contribution in [1.82, 2.24) is 14.7 Å². The van der Waals surface area contributed by atoms with E-state index in [9.17, 15) is 4.79 Å². The molecule has 0 N–H and O–H groups in total. The number of hydrogen-bond acceptors (Lipinski definition) is 6. The van der Waals surface area contributed by atoms with Crippen LogP contribution in [0.5, 0.6) is 17.2 Å². The minimum absolute atomic E-state index is 0.133. The highest BCUT2D eigenvalue weighted by Crippen LogP contribution is 2.38. The Balaban J connectivity index is 1.03. The van der Waals surface area contributed by atoms with Crippen LogP contribution in [0.15, 0.2) is 36.4 Å². The van der Waals surface area contributed by atoms with Crippen LogP contribution >= 0.6 is 0 Å². The van der Waals surface area contributed by atoms with Crippen LogP contribution in [0.4, 0.5) is 0 Å². The molecular formula is C27H33N3O4. The van der Waals surface area contributed by atoms with Gasteiger partial charge in [0.15, 0.2) is 11.5 Å². The molecule has 4 heterocycles. The van der Waals surface area contributed by atoms with E-state index in [1.807, 2.05) is 6.07 Å². The zero-order valence-corrected chi connectivity index (χ0v) is 19.7. The van der Waals surface area contributed by atoms with Gasteiger partial charge in [0, 0.05) is 45.7 Å². The van der Waals surface area contributed by atoms with E-state index in [1.165, 1.54) is 11.1 Å². The van der Waals surface area contributed by atoms with Crippen LogP contribution in [-0.4, -0.2) is 79.7 Å². The smallest absolute Gasteiger partial charge is 0.237 e.